The zero-order chi connectivity index (χ0) is 9.84. The van der Waals surface area contributed by atoms with Crippen LogP contribution in [0.1, 0.15) is 40.0 Å². The minimum Gasteiger partial charge on any atom is -0.303 e. The Hall–Kier alpha value is -0.590. The molecular weight excluding hydrogens is 160 g/mol. The molecule has 13 heavy (non-hydrogen) atoms. The van der Waals surface area contributed by atoms with Gasteiger partial charge in [-0.2, -0.15) is 0 Å². The van der Waals surface area contributed by atoms with Gasteiger partial charge in [0, 0.05) is 6.42 Å². The van der Waals surface area contributed by atoms with Crippen LogP contribution in [0.5, 0.6) is 0 Å². The lowest BCUT2D eigenvalue weighted by Crippen LogP contribution is -2.16. The maximum atomic E-state index is 10.5. The minimum atomic E-state index is 0.625. The van der Waals surface area contributed by atoms with E-state index < -0.39 is 0 Å². The molecule has 1 rings (SSSR count). The van der Waals surface area contributed by atoms with Crippen molar-refractivity contribution in [2.45, 2.75) is 40.0 Å². The quantitative estimate of drug-likeness (QED) is 0.481. The third-order valence-corrected chi connectivity index (χ3v) is 3.17. The standard InChI is InChI=1S/C12H20O/c1-9(2)11-5-4-10(3)12(8-11)6-7-13/h7-11H,4-6H2,1-3H3/t10-,11-/m1/s1. The third kappa shape index (κ3) is 2.68. The van der Waals surface area contributed by atoms with Crippen molar-refractivity contribution in [1.29, 1.82) is 0 Å². The molecule has 0 radical (unpaired) electrons. The van der Waals surface area contributed by atoms with Gasteiger partial charge in [-0.15, -0.1) is 0 Å². The molecule has 0 unspecified atom stereocenters. The van der Waals surface area contributed by atoms with E-state index in [-0.39, 0.29) is 0 Å². The largest absolute Gasteiger partial charge is 0.303 e. The molecule has 0 N–H and O–H groups in total. The lowest BCUT2D eigenvalue weighted by atomic mass is 9.78. The van der Waals surface area contributed by atoms with E-state index in [0.717, 1.165) is 6.29 Å². The van der Waals surface area contributed by atoms with Crippen molar-refractivity contribution in [1.82, 2.24) is 0 Å². The van der Waals surface area contributed by atoms with E-state index in [0.29, 0.717) is 24.2 Å². The smallest absolute Gasteiger partial charge is 0.124 e. The molecule has 0 fully saturated rings. The first-order chi connectivity index (χ1) is 6.15. The molecule has 0 aromatic carbocycles. The molecule has 0 saturated carbocycles. The lowest BCUT2D eigenvalue weighted by Gasteiger charge is -2.27. The Morgan fingerprint density at radius 1 is 1.54 bits per heavy atom. The van der Waals surface area contributed by atoms with Crippen LogP contribution >= 0.6 is 0 Å². The molecule has 1 aliphatic rings. The molecule has 0 spiro atoms. The monoisotopic (exact) mass is 180 g/mol. The Morgan fingerprint density at radius 3 is 2.77 bits per heavy atom. The SMILES string of the molecule is CC(C)[C@H]1C=C(CC=O)[C@H](C)CC1. The second kappa shape index (κ2) is 4.59. The van der Waals surface area contributed by atoms with Gasteiger partial charge in [-0.1, -0.05) is 32.4 Å². The topological polar surface area (TPSA) is 17.1 Å². The van der Waals surface area contributed by atoms with Crippen molar-refractivity contribution < 1.29 is 4.79 Å². The minimum absolute atomic E-state index is 0.625. The summed E-state index contributed by atoms with van der Waals surface area (Å²) in [5, 5.41) is 0. The van der Waals surface area contributed by atoms with E-state index in [9.17, 15) is 4.79 Å². The van der Waals surface area contributed by atoms with Crippen molar-refractivity contribution in [3.63, 3.8) is 0 Å². The summed E-state index contributed by atoms with van der Waals surface area (Å²) in [7, 11) is 0. The Kier molecular flexibility index (Phi) is 3.71. The van der Waals surface area contributed by atoms with Gasteiger partial charge in [-0.05, 0) is 30.6 Å². The molecule has 0 amide bonds. The number of hydrogen-bond acceptors (Lipinski definition) is 1. The van der Waals surface area contributed by atoms with E-state index in [2.05, 4.69) is 26.8 Å². The zero-order valence-corrected chi connectivity index (χ0v) is 8.92. The summed E-state index contributed by atoms with van der Waals surface area (Å²) in [6.07, 6.45) is 6.56. The predicted molar refractivity (Wildman–Crippen MR) is 55.5 cm³/mol. The van der Waals surface area contributed by atoms with Crippen LogP contribution in [0.3, 0.4) is 0 Å². The highest BCUT2D eigenvalue weighted by atomic mass is 16.1. The van der Waals surface area contributed by atoms with Gasteiger partial charge in [0.05, 0.1) is 0 Å². The Labute approximate surface area is 81.2 Å². The zero-order valence-electron chi connectivity index (χ0n) is 8.92. The van der Waals surface area contributed by atoms with Crippen molar-refractivity contribution in [2.75, 3.05) is 0 Å². The number of allylic oxidation sites excluding steroid dienone is 2. The second-order valence-corrected chi connectivity index (χ2v) is 4.50. The van der Waals surface area contributed by atoms with E-state index >= 15 is 0 Å². The van der Waals surface area contributed by atoms with Gasteiger partial charge in [0.15, 0.2) is 0 Å². The van der Waals surface area contributed by atoms with E-state index in [4.69, 9.17) is 0 Å². The summed E-state index contributed by atoms with van der Waals surface area (Å²) in [6.45, 7) is 6.75. The maximum Gasteiger partial charge on any atom is 0.124 e. The third-order valence-electron chi connectivity index (χ3n) is 3.17. The molecule has 1 aliphatic carbocycles. The van der Waals surface area contributed by atoms with Crippen molar-refractivity contribution >= 4 is 6.29 Å². The fourth-order valence-corrected chi connectivity index (χ4v) is 2.04. The molecule has 0 aliphatic heterocycles. The molecule has 2 atom stereocenters. The Morgan fingerprint density at radius 2 is 2.23 bits per heavy atom. The second-order valence-electron chi connectivity index (χ2n) is 4.50. The van der Waals surface area contributed by atoms with E-state index in [1.54, 1.807) is 0 Å². The number of aldehydes is 1. The predicted octanol–water partition coefficient (Wildman–Crippen LogP) is 3.20. The molecule has 0 aromatic rings. The van der Waals surface area contributed by atoms with Gasteiger partial charge in [-0.25, -0.2) is 0 Å². The van der Waals surface area contributed by atoms with Crippen molar-refractivity contribution in [2.24, 2.45) is 17.8 Å². The molecule has 74 valence electrons. The summed E-state index contributed by atoms with van der Waals surface area (Å²) in [5.74, 6) is 2.04. The highest BCUT2D eigenvalue weighted by Crippen LogP contribution is 2.33. The van der Waals surface area contributed by atoms with Gasteiger partial charge < -0.3 is 4.79 Å². The summed E-state index contributed by atoms with van der Waals surface area (Å²) < 4.78 is 0. The average Bonchev–Trinajstić information content (AvgIpc) is 2.08. The number of rotatable bonds is 3. The summed E-state index contributed by atoms with van der Waals surface area (Å²) in [6, 6.07) is 0. The highest BCUT2D eigenvalue weighted by molar-refractivity contribution is 5.54. The van der Waals surface area contributed by atoms with Crippen LogP contribution in [0.15, 0.2) is 11.6 Å². The van der Waals surface area contributed by atoms with Crippen LogP contribution in [0.25, 0.3) is 0 Å². The fourth-order valence-electron chi connectivity index (χ4n) is 2.04. The summed E-state index contributed by atoms with van der Waals surface area (Å²) >= 11 is 0. The maximum absolute atomic E-state index is 10.5. The lowest BCUT2D eigenvalue weighted by molar-refractivity contribution is -0.107. The number of carbonyl (C=O) groups excluding carboxylic acids is 1. The van der Waals surface area contributed by atoms with Crippen molar-refractivity contribution in [3.05, 3.63) is 11.6 Å². The summed E-state index contributed by atoms with van der Waals surface area (Å²) in [5.41, 5.74) is 1.36. The molecule has 0 aromatic heterocycles. The van der Waals surface area contributed by atoms with E-state index in [1.165, 1.54) is 18.4 Å². The molecule has 1 nitrogen and oxygen atoms in total. The van der Waals surface area contributed by atoms with E-state index in [1.807, 2.05) is 0 Å². The van der Waals surface area contributed by atoms with Gasteiger partial charge in [0.1, 0.15) is 6.29 Å². The van der Waals surface area contributed by atoms with Crippen LogP contribution in [-0.4, -0.2) is 6.29 Å². The molecule has 1 heteroatoms. The average molecular weight is 180 g/mol. The van der Waals surface area contributed by atoms with Gasteiger partial charge in [-0.3, -0.25) is 0 Å². The van der Waals surface area contributed by atoms with Crippen LogP contribution in [0.4, 0.5) is 0 Å². The molecule has 0 heterocycles. The first-order valence-corrected chi connectivity index (χ1v) is 5.29. The van der Waals surface area contributed by atoms with Crippen LogP contribution < -0.4 is 0 Å². The first kappa shape index (κ1) is 10.5. The highest BCUT2D eigenvalue weighted by Gasteiger charge is 2.20. The fraction of sp³-hybridized carbons (Fsp3) is 0.750. The first-order valence-electron chi connectivity index (χ1n) is 5.29. The normalized spacial score (nSPS) is 28.8. The molecule has 0 saturated heterocycles. The van der Waals surface area contributed by atoms with Crippen LogP contribution in [0, 0.1) is 17.8 Å². The Balaban J connectivity index is 2.69. The van der Waals surface area contributed by atoms with Crippen LogP contribution in [-0.2, 0) is 4.79 Å². The molecule has 0 bridgehead atoms. The van der Waals surface area contributed by atoms with Gasteiger partial charge in [0.2, 0.25) is 0 Å². The number of hydrogen-bond donors (Lipinski definition) is 0. The van der Waals surface area contributed by atoms with Gasteiger partial charge in [0.25, 0.3) is 0 Å². The van der Waals surface area contributed by atoms with Gasteiger partial charge >= 0.3 is 0 Å². The van der Waals surface area contributed by atoms with Crippen molar-refractivity contribution in [3.8, 4) is 0 Å². The molecular formula is C12H20O. The summed E-state index contributed by atoms with van der Waals surface area (Å²) in [4.78, 5) is 10.5. The Bertz CT molecular complexity index is 203. The number of carbonyl (C=O) groups is 1. The van der Waals surface area contributed by atoms with Crippen LogP contribution in [0.2, 0.25) is 0 Å².